The number of benzene rings is 3. The van der Waals surface area contributed by atoms with Crippen molar-refractivity contribution >= 4 is 29.2 Å². The monoisotopic (exact) mass is 260 g/mol. The fourth-order valence-corrected chi connectivity index (χ4v) is 4.15. The molecule has 1 aromatic heterocycles. The highest BCUT2D eigenvalue weighted by Crippen LogP contribution is 2.42. The Morgan fingerprint density at radius 2 is 1.32 bits per heavy atom. The first-order valence-corrected chi connectivity index (χ1v) is 7.48. The number of fused-ring (bicyclic) bond motifs is 3. The second-order valence-electron chi connectivity index (χ2n) is 4.76. The van der Waals surface area contributed by atoms with Crippen LogP contribution < -0.4 is 0 Å². The van der Waals surface area contributed by atoms with Crippen molar-refractivity contribution in [3.63, 3.8) is 0 Å². The molecular formula is C18H13P. The van der Waals surface area contributed by atoms with Crippen molar-refractivity contribution in [3.05, 3.63) is 72.8 Å². The predicted octanol–water partition coefficient (Wildman–Crippen LogP) is 5.69. The van der Waals surface area contributed by atoms with Crippen LogP contribution in [0.3, 0.4) is 0 Å². The van der Waals surface area contributed by atoms with Gasteiger partial charge in [0.15, 0.2) is 0 Å². The van der Waals surface area contributed by atoms with Gasteiger partial charge in [0, 0.05) is 10.5 Å². The van der Waals surface area contributed by atoms with Crippen LogP contribution in [-0.4, -0.2) is 0 Å². The third-order valence-electron chi connectivity index (χ3n) is 3.61. The lowest BCUT2D eigenvalue weighted by Crippen LogP contribution is -1.78. The SMILES string of the molecule is c1ccc(-c2cccc3[pH]c4ccccc4c23)cc1. The molecule has 1 heteroatoms. The number of rotatable bonds is 1. The Bertz CT molecular complexity index is 857. The fraction of sp³-hybridized carbons (Fsp3) is 0. The molecule has 1 unspecified atom stereocenters. The second-order valence-corrected chi connectivity index (χ2v) is 6.09. The van der Waals surface area contributed by atoms with Crippen LogP contribution in [0, 0.1) is 0 Å². The first kappa shape index (κ1) is 10.8. The average molecular weight is 260 g/mol. The van der Waals surface area contributed by atoms with E-state index in [-0.39, 0.29) is 0 Å². The predicted molar refractivity (Wildman–Crippen MR) is 86.4 cm³/mol. The van der Waals surface area contributed by atoms with Gasteiger partial charge in [-0.2, -0.15) is 0 Å². The molecule has 0 aliphatic rings. The van der Waals surface area contributed by atoms with E-state index in [1.807, 2.05) is 0 Å². The van der Waals surface area contributed by atoms with E-state index in [4.69, 9.17) is 0 Å². The van der Waals surface area contributed by atoms with E-state index in [1.54, 1.807) is 0 Å². The minimum atomic E-state index is 0.792. The quantitative estimate of drug-likeness (QED) is 0.412. The van der Waals surface area contributed by atoms with Crippen molar-refractivity contribution in [2.24, 2.45) is 0 Å². The first-order valence-electron chi connectivity index (χ1n) is 6.48. The van der Waals surface area contributed by atoms with Crippen molar-refractivity contribution in [2.75, 3.05) is 0 Å². The van der Waals surface area contributed by atoms with Crippen LogP contribution in [0.4, 0.5) is 0 Å². The Hall–Kier alpha value is -2.04. The summed E-state index contributed by atoms with van der Waals surface area (Å²) >= 11 is 0. The molecule has 0 aliphatic carbocycles. The van der Waals surface area contributed by atoms with E-state index in [2.05, 4.69) is 72.8 Å². The standard InChI is InChI=1S/C18H13P/c1-2-7-13(8-3-1)14-10-6-12-17-18(14)15-9-4-5-11-16(15)19-17/h1-12,19H. The van der Waals surface area contributed by atoms with Gasteiger partial charge in [-0.1, -0.05) is 72.8 Å². The summed E-state index contributed by atoms with van der Waals surface area (Å²) in [4.78, 5) is 0. The van der Waals surface area contributed by atoms with Crippen molar-refractivity contribution in [3.8, 4) is 11.1 Å². The molecule has 1 atom stereocenters. The lowest BCUT2D eigenvalue weighted by atomic mass is 10.00. The van der Waals surface area contributed by atoms with Gasteiger partial charge in [0.1, 0.15) is 0 Å². The van der Waals surface area contributed by atoms with Gasteiger partial charge in [0.2, 0.25) is 0 Å². The van der Waals surface area contributed by atoms with E-state index < -0.39 is 0 Å². The van der Waals surface area contributed by atoms with E-state index in [9.17, 15) is 0 Å². The summed E-state index contributed by atoms with van der Waals surface area (Å²) in [7, 11) is 0.792. The van der Waals surface area contributed by atoms with Crippen LogP contribution in [0.15, 0.2) is 72.8 Å². The minimum absolute atomic E-state index is 0.792. The third kappa shape index (κ3) is 1.69. The molecule has 0 fully saturated rings. The van der Waals surface area contributed by atoms with E-state index in [1.165, 1.54) is 32.1 Å². The molecule has 0 amide bonds. The van der Waals surface area contributed by atoms with E-state index >= 15 is 0 Å². The second kappa shape index (κ2) is 4.26. The maximum absolute atomic E-state index is 2.26. The van der Waals surface area contributed by atoms with Crippen LogP contribution in [0.5, 0.6) is 0 Å². The van der Waals surface area contributed by atoms with Crippen LogP contribution >= 0.6 is 8.19 Å². The molecule has 1 heterocycles. The summed E-state index contributed by atoms with van der Waals surface area (Å²) in [5, 5.41) is 5.79. The highest BCUT2D eigenvalue weighted by Gasteiger charge is 2.08. The molecular weight excluding hydrogens is 247 g/mol. The van der Waals surface area contributed by atoms with E-state index in [0.29, 0.717) is 0 Å². The fourth-order valence-electron chi connectivity index (χ4n) is 2.76. The highest BCUT2D eigenvalue weighted by molar-refractivity contribution is 7.44. The Morgan fingerprint density at radius 1 is 0.579 bits per heavy atom. The smallest absolute Gasteiger partial charge is 0.00138 e. The van der Waals surface area contributed by atoms with Crippen molar-refractivity contribution in [1.29, 1.82) is 0 Å². The van der Waals surface area contributed by atoms with Gasteiger partial charge < -0.3 is 0 Å². The molecule has 0 nitrogen and oxygen atoms in total. The van der Waals surface area contributed by atoms with Gasteiger partial charge in [-0.25, -0.2) is 0 Å². The summed E-state index contributed by atoms with van der Waals surface area (Å²) in [6, 6.07) is 26.1. The molecule has 0 aliphatic heterocycles. The maximum Gasteiger partial charge on any atom is 0.00138 e. The Kier molecular flexibility index (Phi) is 2.43. The largest absolute Gasteiger partial charge is 0.123 e. The molecule has 0 saturated heterocycles. The summed E-state index contributed by atoms with van der Waals surface area (Å²) in [5.74, 6) is 0. The Morgan fingerprint density at radius 3 is 2.21 bits per heavy atom. The minimum Gasteiger partial charge on any atom is -0.123 e. The Balaban J connectivity index is 2.17. The van der Waals surface area contributed by atoms with Crippen molar-refractivity contribution < 1.29 is 0 Å². The third-order valence-corrected chi connectivity index (χ3v) is 5.01. The lowest BCUT2D eigenvalue weighted by molar-refractivity contribution is 1.67. The van der Waals surface area contributed by atoms with Crippen molar-refractivity contribution in [1.82, 2.24) is 0 Å². The van der Waals surface area contributed by atoms with Gasteiger partial charge in [0.05, 0.1) is 0 Å². The zero-order chi connectivity index (χ0) is 12.7. The molecule has 3 aromatic carbocycles. The van der Waals surface area contributed by atoms with Gasteiger partial charge in [-0.3, -0.25) is 0 Å². The van der Waals surface area contributed by atoms with Crippen LogP contribution in [0.1, 0.15) is 0 Å². The topological polar surface area (TPSA) is 0 Å². The van der Waals surface area contributed by atoms with Gasteiger partial charge >= 0.3 is 0 Å². The average Bonchev–Trinajstić information content (AvgIpc) is 2.86. The van der Waals surface area contributed by atoms with Crippen molar-refractivity contribution in [2.45, 2.75) is 0 Å². The van der Waals surface area contributed by atoms with Crippen LogP contribution in [-0.2, 0) is 0 Å². The molecule has 19 heavy (non-hydrogen) atoms. The molecule has 0 saturated carbocycles. The summed E-state index contributed by atoms with van der Waals surface area (Å²) in [6.07, 6.45) is 0. The van der Waals surface area contributed by atoms with Gasteiger partial charge in [-0.05, 0) is 21.6 Å². The Labute approximate surface area is 113 Å². The molecule has 4 rings (SSSR count). The zero-order valence-electron chi connectivity index (χ0n) is 10.4. The number of hydrogen-bond acceptors (Lipinski definition) is 0. The molecule has 0 N–H and O–H groups in total. The highest BCUT2D eigenvalue weighted by atomic mass is 31.0. The van der Waals surface area contributed by atoms with Crippen LogP contribution in [0.25, 0.3) is 32.1 Å². The lowest BCUT2D eigenvalue weighted by Gasteiger charge is -2.04. The molecule has 0 radical (unpaired) electrons. The van der Waals surface area contributed by atoms with Gasteiger partial charge in [0.25, 0.3) is 0 Å². The van der Waals surface area contributed by atoms with Crippen LogP contribution in [0.2, 0.25) is 0 Å². The molecule has 0 spiro atoms. The molecule has 0 bridgehead atoms. The maximum atomic E-state index is 2.26. The zero-order valence-corrected chi connectivity index (χ0v) is 11.4. The van der Waals surface area contributed by atoms with Gasteiger partial charge in [-0.15, -0.1) is 8.19 Å². The summed E-state index contributed by atoms with van der Waals surface area (Å²) in [5.41, 5.74) is 2.66. The molecule has 90 valence electrons. The first-order chi connectivity index (χ1) is 9.43. The molecule has 4 aromatic rings. The summed E-state index contributed by atoms with van der Waals surface area (Å²) < 4.78 is 0. The van der Waals surface area contributed by atoms with E-state index in [0.717, 1.165) is 8.19 Å². The summed E-state index contributed by atoms with van der Waals surface area (Å²) in [6.45, 7) is 0. The normalized spacial score (nSPS) is 11.6. The number of hydrogen-bond donors (Lipinski definition) is 0.